The molecule has 0 saturated heterocycles. The first kappa shape index (κ1) is 12.2. The molecule has 0 spiro atoms. The van der Waals surface area contributed by atoms with E-state index in [0.29, 0.717) is 11.4 Å². The predicted molar refractivity (Wildman–Crippen MR) is 51.9 cm³/mol. The van der Waals surface area contributed by atoms with E-state index in [4.69, 9.17) is 5.73 Å². The number of nitrogens with zero attached hydrogens (tertiary/aromatic N) is 2. The van der Waals surface area contributed by atoms with Gasteiger partial charge in [-0.25, -0.2) is 0 Å². The number of anilines is 1. The standard InChI is InChI=1S/C8H10F3N3.ClH/c9-8(10,11)4-14-3-6(12)7(13-14)5-1-2-5;/h3,5H,1-2,4,12H2;1H. The van der Waals surface area contributed by atoms with Crippen molar-refractivity contribution in [3.8, 4) is 0 Å². The summed E-state index contributed by atoms with van der Waals surface area (Å²) < 4.78 is 36.9. The highest BCUT2D eigenvalue weighted by Gasteiger charge is 2.32. The molecule has 0 amide bonds. The van der Waals surface area contributed by atoms with Gasteiger partial charge in [-0.15, -0.1) is 12.4 Å². The Morgan fingerprint density at radius 2 is 2.07 bits per heavy atom. The Bertz CT molecular complexity index is 343. The minimum atomic E-state index is -4.24. The summed E-state index contributed by atoms with van der Waals surface area (Å²) in [6.45, 7) is -1.07. The van der Waals surface area contributed by atoms with Crippen LogP contribution in [0.3, 0.4) is 0 Å². The maximum absolute atomic E-state index is 12.0. The van der Waals surface area contributed by atoms with Crippen molar-refractivity contribution in [3.63, 3.8) is 0 Å². The number of rotatable bonds is 2. The van der Waals surface area contributed by atoms with Gasteiger partial charge >= 0.3 is 6.18 Å². The fourth-order valence-electron chi connectivity index (χ4n) is 1.39. The van der Waals surface area contributed by atoms with Gasteiger partial charge in [0.2, 0.25) is 0 Å². The smallest absolute Gasteiger partial charge is 0.396 e. The van der Waals surface area contributed by atoms with Crippen LogP contribution >= 0.6 is 12.4 Å². The molecule has 7 heteroatoms. The zero-order valence-electron chi connectivity index (χ0n) is 7.79. The molecule has 1 aliphatic rings. The predicted octanol–water partition coefficient (Wildman–Crippen LogP) is 2.33. The van der Waals surface area contributed by atoms with Crippen LogP contribution in [0.4, 0.5) is 18.9 Å². The van der Waals surface area contributed by atoms with Gasteiger partial charge in [0.25, 0.3) is 0 Å². The maximum atomic E-state index is 12.0. The number of aromatic nitrogens is 2. The third kappa shape index (κ3) is 3.02. The maximum Gasteiger partial charge on any atom is 0.408 e. The topological polar surface area (TPSA) is 43.8 Å². The Labute approximate surface area is 90.8 Å². The molecule has 1 aromatic rings. The van der Waals surface area contributed by atoms with Crippen LogP contribution in [0, 0.1) is 0 Å². The SMILES string of the molecule is Cl.Nc1cn(CC(F)(F)F)nc1C1CC1. The fraction of sp³-hybridized carbons (Fsp3) is 0.625. The van der Waals surface area contributed by atoms with Gasteiger partial charge in [-0.05, 0) is 12.8 Å². The lowest BCUT2D eigenvalue weighted by molar-refractivity contribution is -0.142. The van der Waals surface area contributed by atoms with E-state index in [2.05, 4.69) is 5.10 Å². The van der Waals surface area contributed by atoms with Crippen molar-refractivity contribution in [2.24, 2.45) is 0 Å². The zero-order valence-corrected chi connectivity index (χ0v) is 8.61. The summed E-state index contributed by atoms with van der Waals surface area (Å²) in [4.78, 5) is 0. The minimum Gasteiger partial charge on any atom is -0.396 e. The zero-order chi connectivity index (χ0) is 10.3. The molecule has 2 rings (SSSR count). The van der Waals surface area contributed by atoms with Gasteiger partial charge in [0.15, 0.2) is 0 Å². The molecule has 1 saturated carbocycles. The Morgan fingerprint density at radius 1 is 1.47 bits per heavy atom. The first-order chi connectivity index (χ1) is 6.46. The molecule has 1 aromatic heterocycles. The summed E-state index contributed by atoms with van der Waals surface area (Å²) >= 11 is 0. The molecule has 0 bridgehead atoms. The van der Waals surface area contributed by atoms with Crippen LogP contribution in [0.25, 0.3) is 0 Å². The second-order valence-corrected chi connectivity index (χ2v) is 3.56. The number of nitrogens with two attached hydrogens (primary N) is 1. The number of alkyl halides is 3. The molecule has 15 heavy (non-hydrogen) atoms. The lowest BCUT2D eigenvalue weighted by atomic mass is 10.3. The van der Waals surface area contributed by atoms with E-state index in [1.807, 2.05) is 0 Å². The van der Waals surface area contributed by atoms with Crippen LogP contribution in [0.1, 0.15) is 24.5 Å². The summed E-state index contributed by atoms with van der Waals surface area (Å²) in [6.07, 6.45) is -1.03. The van der Waals surface area contributed by atoms with E-state index in [0.717, 1.165) is 17.5 Å². The number of halogens is 4. The molecule has 86 valence electrons. The van der Waals surface area contributed by atoms with E-state index in [1.165, 1.54) is 6.20 Å². The van der Waals surface area contributed by atoms with Crippen molar-refractivity contribution in [2.75, 3.05) is 5.73 Å². The van der Waals surface area contributed by atoms with E-state index in [9.17, 15) is 13.2 Å². The number of hydrogen-bond acceptors (Lipinski definition) is 2. The molecule has 0 atom stereocenters. The third-order valence-corrected chi connectivity index (χ3v) is 2.13. The Morgan fingerprint density at radius 3 is 2.53 bits per heavy atom. The highest BCUT2D eigenvalue weighted by molar-refractivity contribution is 5.85. The molecule has 1 aliphatic carbocycles. The fourth-order valence-corrected chi connectivity index (χ4v) is 1.39. The van der Waals surface area contributed by atoms with Gasteiger partial charge in [0.1, 0.15) is 6.54 Å². The van der Waals surface area contributed by atoms with E-state index in [-0.39, 0.29) is 18.3 Å². The molecular formula is C8H11ClF3N3. The quantitative estimate of drug-likeness (QED) is 0.864. The van der Waals surface area contributed by atoms with E-state index in [1.54, 1.807) is 0 Å². The largest absolute Gasteiger partial charge is 0.408 e. The highest BCUT2D eigenvalue weighted by atomic mass is 35.5. The van der Waals surface area contributed by atoms with Gasteiger partial charge in [0.05, 0.1) is 11.4 Å². The van der Waals surface area contributed by atoms with Crippen LogP contribution in [0.2, 0.25) is 0 Å². The van der Waals surface area contributed by atoms with Crippen LogP contribution in [-0.2, 0) is 6.54 Å². The van der Waals surface area contributed by atoms with Gasteiger partial charge in [0, 0.05) is 12.1 Å². The van der Waals surface area contributed by atoms with Gasteiger partial charge in [-0.1, -0.05) is 0 Å². The van der Waals surface area contributed by atoms with Crippen molar-refractivity contribution in [1.29, 1.82) is 0 Å². The highest BCUT2D eigenvalue weighted by Crippen LogP contribution is 2.41. The monoisotopic (exact) mass is 241 g/mol. The summed E-state index contributed by atoms with van der Waals surface area (Å²) in [5.74, 6) is 0.282. The van der Waals surface area contributed by atoms with Crippen molar-refractivity contribution >= 4 is 18.1 Å². The Hall–Kier alpha value is -0.910. The molecule has 1 heterocycles. The Balaban J connectivity index is 0.00000112. The van der Waals surface area contributed by atoms with E-state index >= 15 is 0 Å². The lowest BCUT2D eigenvalue weighted by Crippen LogP contribution is -2.18. The van der Waals surface area contributed by atoms with Gasteiger partial charge < -0.3 is 5.73 Å². The molecule has 0 radical (unpaired) electrons. The van der Waals surface area contributed by atoms with Crippen LogP contribution < -0.4 is 5.73 Å². The first-order valence-corrected chi connectivity index (χ1v) is 4.35. The molecule has 1 fully saturated rings. The van der Waals surface area contributed by atoms with Crippen molar-refractivity contribution in [1.82, 2.24) is 9.78 Å². The van der Waals surface area contributed by atoms with E-state index < -0.39 is 12.7 Å². The number of hydrogen-bond donors (Lipinski definition) is 1. The third-order valence-electron chi connectivity index (χ3n) is 2.13. The second kappa shape index (κ2) is 3.92. The normalized spacial score (nSPS) is 16.2. The summed E-state index contributed by atoms with van der Waals surface area (Å²) in [5, 5.41) is 3.83. The molecule has 0 aromatic carbocycles. The molecule has 0 unspecified atom stereocenters. The van der Waals surface area contributed by atoms with Crippen molar-refractivity contribution < 1.29 is 13.2 Å². The second-order valence-electron chi connectivity index (χ2n) is 3.56. The van der Waals surface area contributed by atoms with Crippen LogP contribution in [-0.4, -0.2) is 16.0 Å². The molecule has 3 nitrogen and oxygen atoms in total. The Kier molecular flexibility index (Phi) is 3.18. The minimum absolute atomic E-state index is 0. The van der Waals surface area contributed by atoms with Gasteiger partial charge in [-0.3, -0.25) is 4.68 Å². The molecular weight excluding hydrogens is 231 g/mol. The molecule has 2 N–H and O–H groups in total. The van der Waals surface area contributed by atoms with Crippen molar-refractivity contribution in [2.45, 2.75) is 31.5 Å². The van der Waals surface area contributed by atoms with Gasteiger partial charge in [-0.2, -0.15) is 18.3 Å². The lowest BCUT2D eigenvalue weighted by Gasteiger charge is -2.04. The number of nitrogen functional groups attached to an aromatic ring is 1. The average molecular weight is 242 g/mol. The first-order valence-electron chi connectivity index (χ1n) is 4.35. The summed E-state index contributed by atoms with van der Waals surface area (Å²) in [7, 11) is 0. The summed E-state index contributed by atoms with van der Waals surface area (Å²) in [5.41, 5.74) is 6.54. The van der Waals surface area contributed by atoms with Crippen molar-refractivity contribution in [3.05, 3.63) is 11.9 Å². The molecule has 0 aliphatic heterocycles. The average Bonchev–Trinajstić information content (AvgIpc) is 2.75. The van der Waals surface area contributed by atoms with Crippen LogP contribution in [0.15, 0.2) is 6.20 Å². The van der Waals surface area contributed by atoms with Crippen LogP contribution in [0.5, 0.6) is 0 Å². The summed E-state index contributed by atoms with van der Waals surface area (Å²) in [6, 6.07) is 0.